The van der Waals surface area contributed by atoms with Gasteiger partial charge in [0.15, 0.2) is 0 Å². The Balaban J connectivity index is 1.13. The number of aromatic nitrogens is 3. The van der Waals surface area contributed by atoms with Crippen molar-refractivity contribution in [3.05, 3.63) is 125 Å². The Morgan fingerprint density at radius 1 is 1.00 bits per heavy atom. The van der Waals surface area contributed by atoms with Gasteiger partial charge in [-0.1, -0.05) is 66.7 Å². The first-order chi connectivity index (χ1) is 21.6. The zero-order valence-electron chi connectivity index (χ0n) is 24.4. The molecule has 2 atom stereocenters. The number of hydrogen-bond donors (Lipinski definition) is 3. The van der Waals surface area contributed by atoms with Gasteiger partial charge >= 0.3 is 0 Å². The Morgan fingerprint density at radius 3 is 2.61 bits per heavy atom. The molecule has 0 saturated heterocycles. The number of likely N-dealkylation sites (N-methyl/N-ethyl adjacent to an activating group) is 1. The van der Waals surface area contributed by atoms with E-state index in [0.717, 1.165) is 33.7 Å². The molecule has 10 heteroatoms. The Kier molecular flexibility index (Phi) is 9.09. The smallest absolute Gasteiger partial charge is 0.255 e. The van der Waals surface area contributed by atoms with Crippen LogP contribution in [0.2, 0.25) is 0 Å². The monoisotopic (exact) mass is 606 g/mol. The summed E-state index contributed by atoms with van der Waals surface area (Å²) in [6, 6.07) is 23.1. The number of nitrogens with one attached hydrogen (secondary N) is 3. The molecule has 0 fully saturated rings. The number of rotatable bonds is 11. The number of benzene rings is 3. The van der Waals surface area contributed by atoms with E-state index < -0.39 is 6.04 Å². The second kappa shape index (κ2) is 13.7. The van der Waals surface area contributed by atoms with E-state index in [4.69, 9.17) is 4.74 Å². The van der Waals surface area contributed by atoms with E-state index in [1.807, 2.05) is 66.7 Å². The van der Waals surface area contributed by atoms with Crippen LogP contribution in [0.3, 0.4) is 0 Å². The number of amides is 2. The number of carbonyl (C=O) groups excluding carboxylic acids is 2. The van der Waals surface area contributed by atoms with E-state index in [-0.39, 0.29) is 17.9 Å². The van der Waals surface area contributed by atoms with Crippen LogP contribution in [0.25, 0.3) is 10.4 Å². The van der Waals surface area contributed by atoms with Gasteiger partial charge in [-0.05, 0) is 22.8 Å². The van der Waals surface area contributed by atoms with Gasteiger partial charge in [0.05, 0.1) is 34.6 Å². The fourth-order valence-corrected chi connectivity index (χ4v) is 6.11. The third-order valence-corrected chi connectivity index (χ3v) is 8.64. The van der Waals surface area contributed by atoms with E-state index in [1.165, 1.54) is 5.56 Å². The van der Waals surface area contributed by atoms with Crippen molar-refractivity contribution in [1.82, 2.24) is 30.5 Å². The van der Waals surface area contributed by atoms with Gasteiger partial charge in [0.25, 0.3) is 5.91 Å². The molecular formula is C34H34N6O3S. The van der Waals surface area contributed by atoms with Crippen LogP contribution in [-0.2, 0) is 24.3 Å². The van der Waals surface area contributed by atoms with Crippen molar-refractivity contribution < 1.29 is 14.3 Å². The van der Waals surface area contributed by atoms with Crippen LogP contribution in [0.1, 0.15) is 45.2 Å². The average molecular weight is 607 g/mol. The Hall–Kier alpha value is -4.80. The molecule has 44 heavy (non-hydrogen) atoms. The zero-order valence-corrected chi connectivity index (χ0v) is 25.2. The van der Waals surface area contributed by atoms with Crippen molar-refractivity contribution in [3.63, 3.8) is 0 Å². The number of thiazole rings is 1. The molecule has 3 aromatic carbocycles. The van der Waals surface area contributed by atoms with E-state index in [2.05, 4.69) is 54.8 Å². The number of nitrogens with zero attached hydrogens (tertiary/aromatic N) is 3. The summed E-state index contributed by atoms with van der Waals surface area (Å²) >= 11 is 1.63. The van der Waals surface area contributed by atoms with Gasteiger partial charge in [0.2, 0.25) is 5.91 Å². The lowest BCUT2D eigenvalue weighted by molar-refractivity contribution is -0.122. The minimum absolute atomic E-state index is 0.00686. The maximum atomic E-state index is 13.5. The minimum Gasteiger partial charge on any atom is -0.492 e. The van der Waals surface area contributed by atoms with Crippen molar-refractivity contribution in [1.29, 1.82) is 0 Å². The minimum atomic E-state index is -0.715. The highest BCUT2D eigenvalue weighted by Crippen LogP contribution is 2.35. The summed E-state index contributed by atoms with van der Waals surface area (Å²) in [6.07, 6.45) is 6.77. The maximum Gasteiger partial charge on any atom is 0.255 e. The standard InChI is InChI=1S/C34H34N6O3S/c1-35-34(42)30(16-23-6-3-2-4-7-23)39-33(41)28-9-5-8-27-29(14-15-43-32(27)28)38-18-26-17-36-21-40(26)20-24-10-12-25(13-11-24)31-19-37-22-44-31/h2-13,17,19,21-22,29-30,38H,14-16,18,20H2,1H3,(H,35,42)(H,39,41)/t29?,30-/m1/s1. The molecule has 2 aromatic heterocycles. The molecule has 0 spiro atoms. The Labute approximate surface area is 260 Å². The highest BCUT2D eigenvalue weighted by Gasteiger charge is 2.28. The second-order valence-corrected chi connectivity index (χ2v) is 11.6. The van der Waals surface area contributed by atoms with Crippen LogP contribution in [0, 0.1) is 0 Å². The summed E-state index contributed by atoms with van der Waals surface area (Å²) in [4.78, 5) is 35.9. The van der Waals surface area contributed by atoms with Crippen LogP contribution < -0.4 is 20.7 Å². The average Bonchev–Trinajstić information content (AvgIpc) is 3.76. The van der Waals surface area contributed by atoms with E-state index in [9.17, 15) is 9.59 Å². The van der Waals surface area contributed by atoms with Crippen LogP contribution in [0.4, 0.5) is 0 Å². The van der Waals surface area contributed by atoms with Crippen molar-refractivity contribution in [2.45, 2.75) is 38.0 Å². The number of ether oxygens (including phenoxy) is 1. The molecule has 9 nitrogen and oxygen atoms in total. The van der Waals surface area contributed by atoms with Gasteiger partial charge in [0.1, 0.15) is 11.8 Å². The summed E-state index contributed by atoms with van der Waals surface area (Å²) in [5.41, 5.74) is 7.56. The number of fused-ring (bicyclic) bond motifs is 1. The first-order valence-corrected chi connectivity index (χ1v) is 15.5. The number of hydrogen-bond acceptors (Lipinski definition) is 7. The second-order valence-electron chi connectivity index (χ2n) is 10.7. The lowest BCUT2D eigenvalue weighted by Crippen LogP contribution is -2.47. The molecule has 1 aliphatic rings. The van der Waals surface area contributed by atoms with Gasteiger partial charge < -0.3 is 25.3 Å². The predicted molar refractivity (Wildman–Crippen MR) is 170 cm³/mol. The van der Waals surface area contributed by atoms with Crippen LogP contribution in [0.15, 0.2) is 97.0 Å². The molecule has 0 saturated carbocycles. The zero-order chi connectivity index (χ0) is 30.3. The molecule has 0 aliphatic carbocycles. The molecule has 1 unspecified atom stereocenters. The van der Waals surface area contributed by atoms with Crippen molar-refractivity contribution in [2.24, 2.45) is 0 Å². The molecule has 0 bridgehead atoms. The van der Waals surface area contributed by atoms with E-state index in [1.54, 1.807) is 24.5 Å². The van der Waals surface area contributed by atoms with Crippen LogP contribution in [-0.4, -0.2) is 46.0 Å². The van der Waals surface area contributed by atoms with Crippen molar-refractivity contribution >= 4 is 23.2 Å². The lowest BCUT2D eigenvalue weighted by Gasteiger charge is -2.28. The first-order valence-electron chi connectivity index (χ1n) is 14.6. The number of para-hydroxylation sites is 1. The normalized spacial score (nSPS) is 14.7. The van der Waals surface area contributed by atoms with E-state index in [0.29, 0.717) is 37.4 Å². The van der Waals surface area contributed by atoms with Crippen molar-refractivity contribution in [2.75, 3.05) is 13.7 Å². The van der Waals surface area contributed by atoms with E-state index >= 15 is 0 Å². The lowest BCUT2D eigenvalue weighted by atomic mass is 9.96. The van der Waals surface area contributed by atoms with Crippen LogP contribution >= 0.6 is 11.3 Å². The van der Waals surface area contributed by atoms with Gasteiger partial charge in [0, 0.05) is 57.0 Å². The topological polar surface area (TPSA) is 110 Å². The quantitative estimate of drug-likeness (QED) is 0.200. The molecule has 224 valence electrons. The summed E-state index contributed by atoms with van der Waals surface area (Å²) in [5.74, 6) is -0.0371. The molecule has 1 aliphatic heterocycles. The first kappa shape index (κ1) is 29.3. The molecule has 2 amide bonds. The highest BCUT2D eigenvalue weighted by molar-refractivity contribution is 7.13. The fourth-order valence-electron chi connectivity index (χ4n) is 5.48. The number of imidazole rings is 1. The van der Waals surface area contributed by atoms with Gasteiger partial charge in [-0.3, -0.25) is 14.6 Å². The maximum absolute atomic E-state index is 13.5. The summed E-state index contributed by atoms with van der Waals surface area (Å²) < 4.78 is 8.19. The molecule has 0 radical (unpaired) electrons. The Morgan fingerprint density at radius 2 is 1.84 bits per heavy atom. The predicted octanol–water partition coefficient (Wildman–Crippen LogP) is 4.76. The largest absolute Gasteiger partial charge is 0.492 e. The summed E-state index contributed by atoms with van der Waals surface area (Å²) in [6.45, 7) is 1.79. The molecule has 5 aromatic rings. The summed E-state index contributed by atoms with van der Waals surface area (Å²) in [7, 11) is 1.57. The van der Waals surface area contributed by atoms with Crippen LogP contribution in [0.5, 0.6) is 5.75 Å². The third kappa shape index (κ3) is 6.72. The molecule has 3 N–H and O–H groups in total. The van der Waals surface area contributed by atoms with Crippen molar-refractivity contribution in [3.8, 4) is 16.2 Å². The van der Waals surface area contributed by atoms with Gasteiger partial charge in [-0.25, -0.2) is 4.98 Å². The highest BCUT2D eigenvalue weighted by atomic mass is 32.1. The fraction of sp³-hybridized carbons (Fsp3) is 0.235. The third-order valence-electron chi connectivity index (χ3n) is 7.82. The Bertz CT molecular complexity index is 1700. The molecular weight excluding hydrogens is 572 g/mol. The number of carbonyl (C=O) groups is 2. The van der Waals surface area contributed by atoms with Gasteiger partial charge in [-0.15, -0.1) is 11.3 Å². The van der Waals surface area contributed by atoms with Gasteiger partial charge in [-0.2, -0.15) is 0 Å². The SMILES string of the molecule is CNC(=O)[C@@H](Cc1ccccc1)NC(=O)c1cccc2c1OCCC2NCc1cncn1Cc1ccc(-c2cncs2)cc1. The molecule has 6 rings (SSSR count). The molecule has 3 heterocycles. The summed E-state index contributed by atoms with van der Waals surface area (Å²) in [5, 5.41) is 9.25.